The van der Waals surface area contributed by atoms with Crippen LogP contribution in [0.15, 0.2) is 42.5 Å². The van der Waals surface area contributed by atoms with Crippen molar-refractivity contribution in [2.75, 3.05) is 25.6 Å². The lowest BCUT2D eigenvalue weighted by atomic mass is 9.85. The Morgan fingerprint density at radius 1 is 1.24 bits per heavy atom. The maximum absolute atomic E-state index is 14.1. The summed E-state index contributed by atoms with van der Waals surface area (Å²) in [4.78, 5) is 12.6. The Hall–Kier alpha value is -3.05. The van der Waals surface area contributed by atoms with E-state index in [0.717, 1.165) is 0 Å². The first-order valence-electron chi connectivity index (χ1n) is 10.8. The molecule has 0 aliphatic carbocycles. The summed E-state index contributed by atoms with van der Waals surface area (Å²) < 4.78 is 71.6. The Labute approximate surface area is 193 Å². The summed E-state index contributed by atoms with van der Waals surface area (Å²) in [5.41, 5.74) is -2.59. The van der Waals surface area contributed by atoms with Crippen LogP contribution in [-0.2, 0) is 10.3 Å². The molecular formula is C23H25F4N3O4. The summed E-state index contributed by atoms with van der Waals surface area (Å²) in [5, 5.41) is 8.24. The number of rotatable bonds is 6. The summed E-state index contributed by atoms with van der Waals surface area (Å²) >= 11 is 0. The third kappa shape index (κ3) is 4.76. The van der Waals surface area contributed by atoms with Gasteiger partial charge in [-0.25, -0.2) is 9.18 Å². The molecule has 2 fully saturated rings. The zero-order chi connectivity index (χ0) is 24.3. The molecule has 2 saturated heterocycles. The van der Waals surface area contributed by atoms with Gasteiger partial charge in [0.1, 0.15) is 17.3 Å². The van der Waals surface area contributed by atoms with E-state index in [0.29, 0.717) is 25.1 Å². The Balaban J connectivity index is 1.49. The van der Waals surface area contributed by atoms with Crippen LogP contribution in [0, 0.1) is 5.82 Å². The summed E-state index contributed by atoms with van der Waals surface area (Å²) in [7, 11) is 1.42. The molecule has 2 amide bonds. The zero-order valence-electron chi connectivity index (χ0n) is 18.4. The third-order valence-corrected chi connectivity index (χ3v) is 5.98. The van der Waals surface area contributed by atoms with Gasteiger partial charge in [-0.2, -0.15) is 13.2 Å². The Bertz CT molecular complexity index is 1030. The molecule has 0 aromatic heterocycles. The number of piperidine rings is 1. The molecule has 0 bridgehead atoms. The molecule has 3 N–H and O–H groups in total. The minimum Gasteiger partial charge on any atom is -0.497 e. The number of nitrogens with one attached hydrogen (secondary N) is 3. The van der Waals surface area contributed by atoms with Crippen molar-refractivity contribution in [3.63, 3.8) is 0 Å². The van der Waals surface area contributed by atoms with Crippen LogP contribution in [0.2, 0.25) is 0 Å². The van der Waals surface area contributed by atoms with E-state index in [9.17, 15) is 22.4 Å². The number of benzene rings is 2. The van der Waals surface area contributed by atoms with E-state index >= 15 is 0 Å². The second-order valence-electron chi connectivity index (χ2n) is 8.10. The molecule has 3 unspecified atom stereocenters. The van der Waals surface area contributed by atoms with Crippen molar-refractivity contribution in [3.05, 3.63) is 53.8 Å². The van der Waals surface area contributed by atoms with Crippen LogP contribution in [0.25, 0.3) is 0 Å². The van der Waals surface area contributed by atoms with E-state index in [1.165, 1.54) is 43.5 Å². The minimum atomic E-state index is -4.61. The van der Waals surface area contributed by atoms with Crippen molar-refractivity contribution >= 4 is 11.7 Å². The second-order valence-corrected chi connectivity index (χ2v) is 8.10. The number of amides is 2. The van der Waals surface area contributed by atoms with E-state index in [-0.39, 0.29) is 30.0 Å². The van der Waals surface area contributed by atoms with Gasteiger partial charge in [0, 0.05) is 18.1 Å². The molecule has 3 atom stereocenters. The number of methoxy groups -OCH3 is 1. The molecule has 2 aliphatic heterocycles. The largest absolute Gasteiger partial charge is 0.497 e. The highest BCUT2D eigenvalue weighted by Crippen LogP contribution is 2.52. The number of hydrogen-bond donors (Lipinski definition) is 3. The van der Waals surface area contributed by atoms with E-state index in [1.54, 1.807) is 6.07 Å². The van der Waals surface area contributed by atoms with E-state index < -0.39 is 35.9 Å². The summed E-state index contributed by atoms with van der Waals surface area (Å²) in [6, 6.07) is 8.52. The van der Waals surface area contributed by atoms with Gasteiger partial charge in [0.15, 0.2) is 11.8 Å². The van der Waals surface area contributed by atoms with Crippen LogP contribution in [-0.4, -0.2) is 44.7 Å². The van der Waals surface area contributed by atoms with Gasteiger partial charge < -0.3 is 24.8 Å². The maximum atomic E-state index is 14.1. The number of hydrogen-bond acceptors (Lipinski definition) is 5. The monoisotopic (exact) mass is 483 g/mol. The highest BCUT2D eigenvalue weighted by molar-refractivity contribution is 5.89. The number of alkyl halides is 3. The third-order valence-electron chi connectivity index (χ3n) is 5.98. The first-order valence-corrected chi connectivity index (χ1v) is 10.8. The van der Waals surface area contributed by atoms with Crippen molar-refractivity contribution < 1.29 is 36.6 Å². The number of ether oxygens (including phenoxy) is 3. The lowest BCUT2D eigenvalue weighted by Gasteiger charge is -2.44. The highest BCUT2D eigenvalue weighted by atomic mass is 19.4. The van der Waals surface area contributed by atoms with E-state index in [2.05, 4.69) is 16.0 Å². The van der Waals surface area contributed by atoms with E-state index in [4.69, 9.17) is 14.2 Å². The maximum Gasteiger partial charge on any atom is 0.421 e. The second kappa shape index (κ2) is 9.67. The van der Waals surface area contributed by atoms with Gasteiger partial charge >= 0.3 is 12.2 Å². The van der Waals surface area contributed by atoms with Crippen molar-refractivity contribution in [3.8, 4) is 11.5 Å². The Kier molecular flexibility index (Phi) is 6.85. The fourth-order valence-electron chi connectivity index (χ4n) is 4.12. The first-order chi connectivity index (χ1) is 16.2. The standard InChI is InChI=1S/C23H25F4N3O4/c1-32-14-8-9-16(24)18(13-14)30-21(31)29-17-6-4-11-28-20(17)34-19-7-3-2-5-15(19)22(10-12-33-22)23(25,26)27/h2-3,5,7-9,13,17,20,28H,4,6,10-12H2,1H3,(H2,29,30,31). The van der Waals surface area contributed by atoms with Crippen LogP contribution in [0.1, 0.15) is 24.8 Å². The van der Waals surface area contributed by atoms with Gasteiger partial charge in [0.25, 0.3) is 0 Å². The summed E-state index contributed by atoms with van der Waals surface area (Å²) in [5.74, 6) is -0.256. The molecule has 2 aromatic carbocycles. The molecule has 184 valence electrons. The van der Waals surface area contributed by atoms with Gasteiger partial charge in [-0.15, -0.1) is 0 Å². The predicted octanol–water partition coefficient (Wildman–Crippen LogP) is 4.29. The van der Waals surface area contributed by atoms with Crippen molar-refractivity contribution in [1.82, 2.24) is 10.6 Å². The number of urea groups is 1. The fourth-order valence-corrected chi connectivity index (χ4v) is 4.12. The minimum absolute atomic E-state index is 0.000700. The first kappa shape index (κ1) is 24.1. The molecule has 34 heavy (non-hydrogen) atoms. The zero-order valence-corrected chi connectivity index (χ0v) is 18.4. The number of carbonyl (C=O) groups excluding carboxylic acids is 1. The van der Waals surface area contributed by atoms with Crippen LogP contribution in [0.3, 0.4) is 0 Å². The fraction of sp³-hybridized carbons (Fsp3) is 0.435. The van der Waals surface area contributed by atoms with Crippen molar-refractivity contribution in [1.29, 1.82) is 0 Å². The van der Waals surface area contributed by atoms with Gasteiger partial charge in [-0.05, 0) is 37.6 Å². The van der Waals surface area contributed by atoms with Gasteiger partial charge in [-0.3, -0.25) is 5.32 Å². The van der Waals surface area contributed by atoms with Gasteiger partial charge in [0.05, 0.1) is 25.4 Å². The summed E-state index contributed by atoms with van der Waals surface area (Å²) in [6.07, 6.45) is -4.40. The van der Waals surface area contributed by atoms with Gasteiger partial charge in [0.2, 0.25) is 0 Å². The molecule has 0 spiro atoms. The number of anilines is 1. The molecule has 4 rings (SSSR count). The van der Waals surface area contributed by atoms with Gasteiger partial charge in [-0.1, -0.05) is 18.2 Å². The molecular weight excluding hydrogens is 458 g/mol. The molecule has 11 heteroatoms. The number of para-hydroxylation sites is 1. The average molecular weight is 483 g/mol. The van der Waals surface area contributed by atoms with Crippen LogP contribution in [0.5, 0.6) is 11.5 Å². The molecule has 2 aromatic rings. The normalized spacial score (nSPS) is 24.6. The van der Waals surface area contributed by atoms with Crippen LogP contribution < -0.4 is 25.4 Å². The van der Waals surface area contributed by atoms with Crippen LogP contribution in [0.4, 0.5) is 28.0 Å². The predicted molar refractivity (Wildman–Crippen MR) is 115 cm³/mol. The highest BCUT2D eigenvalue weighted by Gasteiger charge is 2.62. The molecule has 7 nitrogen and oxygen atoms in total. The lowest BCUT2D eigenvalue weighted by Crippen LogP contribution is -2.57. The summed E-state index contributed by atoms with van der Waals surface area (Å²) in [6.45, 7) is 0.554. The van der Waals surface area contributed by atoms with E-state index in [1.807, 2.05) is 0 Å². The Morgan fingerprint density at radius 3 is 2.68 bits per heavy atom. The Morgan fingerprint density at radius 2 is 2.00 bits per heavy atom. The topological polar surface area (TPSA) is 80.9 Å². The molecule has 0 radical (unpaired) electrons. The van der Waals surface area contributed by atoms with Crippen molar-refractivity contribution in [2.45, 2.75) is 43.3 Å². The quantitative estimate of drug-likeness (QED) is 0.535. The average Bonchev–Trinajstić information content (AvgIpc) is 2.76. The smallest absolute Gasteiger partial charge is 0.421 e. The molecule has 0 saturated carbocycles. The molecule has 2 aliphatic rings. The van der Waals surface area contributed by atoms with Crippen LogP contribution >= 0.6 is 0 Å². The number of halogens is 4. The lowest BCUT2D eigenvalue weighted by molar-refractivity contribution is -0.334. The number of carbonyl (C=O) groups is 1. The SMILES string of the molecule is COc1ccc(F)c(NC(=O)NC2CCCNC2Oc2ccccc2C2(C(F)(F)F)CCO2)c1. The van der Waals surface area contributed by atoms with Crippen molar-refractivity contribution in [2.24, 2.45) is 0 Å². The molecule has 2 heterocycles.